The van der Waals surface area contributed by atoms with E-state index in [1.807, 2.05) is 60.7 Å². The molecule has 2 atom stereocenters. The van der Waals surface area contributed by atoms with Crippen LogP contribution in [0.3, 0.4) is 0 Å². The Bertz CT molecular complexity index is 1440. The van der Waals surface area contributed by atoms with Crippen molar-refractivity contribution in [3.05, 3.63) is 102 Å². The lowest BCUT2D eigenvalue weighted by Crippen LogP contribution is -2.62. The lowest BCUT2D eigenvalue weighted by molar-refractivity contribution is -0.137. The van der Waals surface area contributed by atoms with Crippen LogP contribution in [0.15, 0.2) is 84.9 Å². The first-order valence-electron chi connectivity index (χ1n) is 12.9. The molecule has 4 aromatic rings. The van der Waals surface area contributed by atoms with Crippen molar-refractivity contribution in [3.63, 3.8) is 0 Å². The molecule has 1 aliphatic carbocycles. The molecular weight excluding hydrogens is 464 g/mol. The maximum Gasteiger partial charge on any atom is 0.410 e. The number of ether oxygens (including phenoxy) is 2. The number of carbonyl (C=O) groups is 1. The number of benzene rings is 3. The second-order valence-electron chi connectivity index (χ2n) is 10.4. The molecule has 1 N–H and O–H groups in total. The van der Waals surface area contributed by atoms with Crippen molar-refractivity contribution in [2.45, 2.75) is 36.4 Å². The second kappa shape index (κ2) is 8.68. The Morgan fingerprint density at radius 1 is 0.892 bits per heavy atom. The maximum absolute atomic E-state index is 13.5. The van der Waals surface area contributed by atoms with E-state index in [1.54, 1.807) is 4.90 Å². The van der Waals surface area contributed by atoms with E-state index in [9.17, 15) is 9.90 Å². The highest BCUT2D eigenvalue weighted by atomic mass is 16.6. The predicted octanol–water partition coefficient (Wildman–Crippen LogP) is 5.23. The summed E-state index contributed by atoms with van der Waals surface area (Å²) in [5.74, 6) is 0.0102. The number of rotatable bonds is 3. The number of amides is 1. The van der Waals surface area contributed by atoms with Crippen molar-refractivity contribution in [2.24, 2.45) is 0 Å². The molecular formula is C31H28N2O4. The van der Waals surface area contributed by atoms with Gasteiger partial charge >= 0.3 is 6.09 Å². The molecule has 37 heavy (non-hydrogen) atoms. The van der Waals surface area contributed by atoms with Gasteiger partial charge in [-0.3, -0.25) is 4.90 Å². The van der Waals surface area contributed by atoms with Gasteiger partial charge in [-0.25, -0.2) is 9.78 Å². The van der Waals surface area contributed by atoms with Crippen LogP contribution in [0.1, 0.15) is 35.6 Å². The summed E-state index contributed by atoms with van der Waals surface area (Å²) in [4.78, 5) is 20.0. The summed E-state index contributed by atoms with van der Waals surface area (Å²) >= 11 is 0. The van der Waals surface area contributed by atoms with Gasteiger partial charge in [-0.2, -0.15) is 0 Å². The van der Waals surface area contributed by atoms with Gasteiger partial charge in [0.25, 0.3) is 0 Å². The molecule has 2 bridgehead atoms. The number of morpholine rings is 1. The number of aliphatic hydroxyl groups is 1. The van der Waals surface area contributed by atoms with Gasteiger partial charge < -0.3 is 14.6 Å². The van der Waals surface area contributed by atoms with Crippen LogP contribution in [0.5, 0.6) is 0 Å². The third-order valence-corrected chi connectivity index (χ3v) is 8.18. The van der Waals surface area contributed by atoms with E-state index in [0.29, 0.717) is 31.7 Å². The Morgan fingerprint density at radius 2 is 1.51 bits per heavy atom. The molecule has 0 spiro atoms. The lowest BCUT2D eigenvalue weighted by Gasteiger charge is -2.50. The van der Waals surface area contributed by atoms with Gasteiger partial charge in [0.2, 0.25) is 0 Å². The zero-order chi connectivity index (χ0) is 25.0. The number of aromatic nitrogens is 1. The van der Waals surface area contributed by atoms with Gasteiger partial charge in [0.15, 0.2) is 0 Å². The Kier molecular flexibility index (Phi) is 5.27. The van der Waals surface area contributed by atoms with E-state index in [2.05, 4.69) is 24.3 Å². The van der Waals surface area contributed by atoms with Crippen LogP contribution >= 0.6 is 0 Å². The molecule has 2 unspecified atom stereocenters. The molecule has 7 rings (SSSR count). The number of fused-ring (bicyclic) bond motifs is 6. The van der Waals surface area contributed by atoms with Crippen molar-refractivity contribution in [1.82, 2.24) is 9.88 Å². The number of nitrogens with zero attached hydrogens (tertiary/aromatic N) is 2. The number of hydrogen-bond acceptors (Lipinski definition) is 5. The van der Waals surface area contributed by atoms with E-state index >= 15 is 0 Å². The van der Waals surface area contributed by atoms with E-state index in [4.69, 9.17) is 14.5 Å². The summed E-state index contributed by atoms with van der Waals surface area (Å²) in [6.07, 6.45) is 0.381. The Labute approximate surface area is 215 Å². The molecule has 2 saturated heterocycles. The summed E-state index contributed by atoms with van der Waals surface area (Å²) in [5, 5.41) is 12.8. The molecule has 186 valence electrons. The molecule has 0 saturated carbocycles. The van der Waals surface area contributed by atoms with E-state index in [1.165, 1.54) is 22.3 Å². The van der Waals surface area contributed by atoms with Crippen LogP contribution in [0.25, 0.3) is 22.0 Å². The van der Waals surface area contributed by atoms with Crippen LogP contribution in [-0.4, -0.2) is 53.0 Å². The van der Waals surface area contributed by atoms with Crippen molar-refractivity contribution in [1.29, 1.82) is 0 Å². The highest BCUT2D eigenvalue weighted by Crippen LogP contribution is 2.45. The molecule has 1 amide bonds. The molecule has 1 aromatic heterocycles. The van der Waals surface area contributed by atoms with Crippen LogP contribution in [0.2, 0.25) is 0 Å². The minimum absolute atomic E-state index is 0.0102. The summed E-state index contributed by atoms with van der Waals surface area (Å²) in [7, 11) is 0. The fraction of sp³-hybridized carbons (Fsp3) is 0.290. The summed E-state index contributed by atoms with van der Waals surface area (Å²) in [6.45, 7) is 1.02. The van der Waals surface area contributed by atoms with Gasteiger partial charge in [0.1, 0.15) is 12.2 Å². The van der Waals surface area contributed by atoms with Crippen LogP contribution < -0.4 is 0 Å². The Morgan fingerprint density at radius 3 is 2.22 bits per heavy atom. The number of para-hydroxylation sites is 1. The van der Waals surface area contributed by atoms with E-state index in [-0.39, 0.29) is 30.7 Å². The van der Waals surface area contributed by atoms with Gasteiger partial charge in [-0.15, -0.1) is 0 Å². The number of hydrogen-bond donors (Lipinski definition) is 1. The lowest BCUT2D eigenvalue weighted by atomic mass is 9.79. The zero-order valence-corrected chi connectivity index (χ0v) is 20.4. The number of carbonyl (C=O) groups excluding carboxylic acids is 1. The van der Waals surface area contributed by atoms with Crippen LogP contribution in [0, 0.1) is 0 Å². The highest BCUT2D eigenvalue weighted by molar-refractivity contribution is 5.80. The Hall–Kier alpha value is -3.74. The molecule has 0 radical (unpaired) electrons. The normalized spacial score (nSPS) is 24.5. The first kappa shape index (κ1) is 22.5. The number of pyridine rings is 1. The molecule has 3 heterocycles. The number of piperidine rings is 1. The molecule has 2 fully saturated rings. The quantitative estimate of drug-likeness (QED) is 0.424. The first-order chi connectivity index (χ1) is 18.1. The predicted molar refractivity (Wildman–Crippen MR) is 140 cm³/mol. The van der Waals surface area contributed by atoms with Crippen molar-refractivity contribution < 1.29 is 19.4 Å². The molecule has 3 aliphatic rings. The average molecular weight is 493 g/mol. The standard InChI is InChI=1S/C31H28N2O4/c34-30(37-19-27-25-10-4-2-8-23(25)24-9-3-5-11-26(24)27)33-21-15-31(35,16-22(33)18-36-17-21)29-14-13-20-7-1-6-12-28(20)32-29/h1-14,21-22,27,35H,15-19H2. The molecule has 6 nitrogen and oxygen atoms in total. The van der Waals surface area contributed by atoms with Gasteiger partial charge in [-0.05, 0) is 34.4 Å². The highest BCUT2D eigenvalue weighted by Gasteiger charge is 2.50. The molecule has 6 heteroatoms. The minimum Gasteiger partial charge on any atom is -0.448 e. The summed E-state index contributed by atoms with van der Waals surface area (Å²) < 4.78 is 11.8. The first-order valence-corrected chi connectivity index (χ1v) is 12.9. The average Bonchev–Trinajstić information content (AvgIpc) is 3.24. The third kappa shape index (κ3) is 3.71. The third-order valence-electron chi connectivity index (χ3n) is 8.18. The van der Waals surface area contributed by atoms with E-state index < -0.39 is 5.60 Å². The second-order valence-corrected chi connectivity index (χ2v) is 10.4. The summed E-state index contributed by atoms with van der Waals surface area (Å²) in [6, 6.07) is 27.9. The summed E-state index contributed by atoms with van der Waals surface area (Å²) in [5.41, 5.74) is 5.17. The van der Waals surface area contributed by atoms with Crippen LogP contribution in [-0.2, 0) is 15.1 Å². The van der Waals surface area contributed by atoms with Gasteiger partial charge in [0, 0.05) is 24.1 Å². The molecule has 2 aliphatic heterocycles. The van der Waals surface area contributed by atoms with Gasteiger partial charge in [0.05, 0.1) is 36.5 Å². The van der Waals surface area contributed by atoms with Crippen molar-refractivity contribution in [3.8, 4) is 11.1 Å². The minimum atomic E-state index is -1.12. The largest absolute Gasteiger partial charge is 0.448 e. The topological polar surface area (TPSA) is 71.9 Å². The molecule has 3 aromatic carbocycles. The smallest absolute Gasteiger partial charge is 0.410 e. The van der Waals surface area contributed by atoms with E-state index in [0.717, 1.165) is 10.9 Å². The maximum atomic E-state index is 13.5. The van der Waals surface area contributed by atoms with Gasteiger partial charge in [-0.1, -0.05) is 72.8 Å². The SMILES string of the molecule is O=C(OCC1c2ccccc2-c2ccccc21)N1C2COCC1CC(O)(c1ccc3ccccc3n1)C2. The zero-order valence-electron chi connectivity index (χ0n) is 20.4. The fourth-order valence-electron chi connectivity index (χ4n) is 6.48. The van der Waals surface area contributed by atoms with Crippen LogP contribution in [0.4, 0.5) is 4.79 Å². The fourth-order valence-corrected chi connectivity index (χ4v) is 6.48. The monoisotopic (exact) mass is 492 g/mol. The Balaban J connectivity index is 1.11. The van der Waals surface area contributed by atoms with Crippen molar-refractivity contribution >= 4 is 17.0 Å². The van der Waals surface area contributed by atoms with Crippen molar-refractivity contribution in [2.75, 3.05) is 19.8 Å².